The monoisotopic (exact) mass is 581 g/mol. The van der Waals surface area contributed by atoms with Crippen molar-refractivity contribution in [3.63, 3.8) is 0 Å². The summed E-state index contributed by atoms with van der Waals surface area (Å²) in [7, 11) is 1.93. The zero-order valence-corrected chi connectivity index (χ0v) is 25.7. The maximum absolute atomic E-state index is 12.5. The van der Waals surface area contributed by atoms with Crippen LogP contribution in [0.2, 0.25) is 0 Å². The van der Waals surface area contributed by atoms with Crippen LogP contribution in [0, 0.1) is 6.92 Å². The molecule has 42 heavy (non-hydrogen) atoms. The van der Waals surface area contributed by atoms with Gasteiger partial charge in [0.1, 0.15) is 5.84 Å². The van der Waals surface area contributed by atoms with E-state index < -0.39 is 12.0 Å². The first kappa shape index (κ1) is 34.6. The van der Waals surface area contributed by atoms with E-state index in [1.165, 1.54) is 6.92 Å². The molecule has 1 aromatic carbocycles. The second kappa shape index (κ2) is 17.4. The fraction of sp³-hybridized carbons (Fsp3) is 0.500. The Kier molecular flexibility index (Phi) is 14.3. The summed E-state index contributed by atoms with van der Waals surface area (Å²) in [5.74, 6) is -0.0612. The highest BCUT2D eigenvalue weighted by Crippen LogP contribution is 2.21. The number of hydrogen-bond donors (Lipinski definition) is 3. The van der Waals surface area contributed by atoms with Crippen LogP contribution in [0.25, 0.3) is 0 Å². The molecule has 2 rings (SSSR count). The summed E-state index contributed by atoms with van der Waals surface area (Å²) in [6, 6.07) is 5.70. The van der Waals surface area contributed by atoms with Crippen LogP contribution >= 0.6 is 0 Å². The number of ketones is 1. The number of carbonyl (C=O) groups excluding carboxylic acids is 3. The van der Waals surface area contributed by atoms with E-state index in [0.717, 1.165) is 40.8 Å². The molecule has 2 amide bonds. The molecule has 0 aromatic heterocycles. The van der Waals surface area contributed by atoms with Crippen LogP contribution in [0.15, 0.2) is 58.6 Å². The number of aliphatic hydroxyl groups excluding tert-OH is 1. The van der Waals surface area contributed by atoms with Crippen LogP contribution in [-0.4, -0.2) is 92.5 Å². The Morgan fingerprint density at radius 2 is 1.98 bits per heavy atom. The Morgan fingerprint density at radius 1 is 1.24 bits per heavy atom. The number of nitrogens with two attached hydrogens (primary N) is 1. The van der Waals surface area contributed by atoms with Gasteiger partial charge in [0.05, 0.1) is 26.3 Å². The minimum absolute atomic E-state index is 0.116. The molecule has 10 heteroatoms. The standard InChI is InChI=1S/C32H47N5O5/c1-7-11-36(6)20-29(39)18-26-14-22(3)15-28(17-26)37(24(5)38)12-13-42-21-30(40)32(41)34-10-9-25(8-2)16-27-19-35-31(33)23(27)4/h8,14-17,30,40H,2,7,9-13,18-21H2,1,3-6H3,(H2,33,35)(H,34,41)/b25-16+/t30-/m1/s1. The van der Waals surface area contributed by atoms with Gasteiger partial charge in [0.2, 0.25) is 5.91 Å². The van der Waals surface area contributed by atoms with Gasteiger partial charge in [-0.1, -0.05) is 31.7 Å². The lowest BCUT2D eigenvalue weighted by Crippen LogP contribution is -2.39. The first-order chi connectivity index (χ1) is 19.9. The maximum atomic E-state index is 12.5. The number of aryl methyl sites for hydroxylation is 1. The Hall–Kier alpha value is -3.60. The minimum atomic E-state index is -1.35. The molecule has 0 saturated heterocycles. The lowest BCUT2D eigenvalue weighted by atomic mass is 10.0. The second-order valence-corrected chi connectivity index (χ2v) is 10.7. The maximum Gasteiger partial charge on any atom is 0.251 e. The van der Waals surface area contributed by atoms with Crippen LogP contribution in [0.5, 0.6) is 0 Å². The average Bonchev–Trinajstić information content (AvgIpc) is 3.23. The van der Waals surface area contributed by atoms with Crippen LogP contribution in [-0.2, 0) is 25.5 Å². The number of amides is 2. The van der Waals surface area contributed by atoms with E-state index >= 15 is 0 Å². The number of nitrogens with zero attached hydrogens (tertiary/aromatic N) is 3. The molecule has 0 radical (unpaired) electrons. The van der Waals surface area contributed by atoms with E-state index in [2.05, 4.69) is 23.8 Å². The van der Waals surface area contributed by atoms with E-state index in [1.807, 2.05) is 50.1 Å². The zero-order chi connectivity index (χ0) is 31.2. The van der Waals surface area contributed by atoms with E-state index in [9.17, 15) is 19.5 Å². The summed E-state index contributed by atoms with van der Waals surface area (Å²) in [6.45, 7) is 13.5. The summed E-state index contributed by atoms with van der Waals surface area (Å²) in [6.07, 6.45) is 4.16. The molecule has 0 aliphatic carbocycles. The molecule has 0 unspecified atom stereocenters. The molecule has 0 fully saturated rings. The van der Waals surface area contributed by atoms with Crippen molar-refractivity contribution in [3.8, 4) is 0 Å². The molecular weight excluding hydrogens is 534 g/mol. The van der Waals surface area contributed by atoms with Crippen molar-refractivity contribution in [3.05, 3.63) is 64.8 Å². The molecule has 0 spiro atoms. The Morgan fingerprint density at radius 3 is 2.60 bits per heavy atom. The molecule has 0 saturated carbocycles. The SMILES string of the molecule is C=C/C(=C\C1=C(C)C(N)=NC1)CCNC(=O)[C@H](O)COCCN(C(C)=O)c1cc(C)cc(CC(=O)CN(C)CCC)c1. The third-order valence-corrected chi connectivity index (χ3v) is 6.92. The molecule has 4 N–H and O–H groups in total. The lowest BCUT2D eigenvalue weighted by Gasteiger charge is -2.23. The fourth-order valence-corrected chi connectivity index (χ4v) is 4.67. The highest BCUT2D eigenvalue weighted by molar-refractivity contribution is 5.99. The molecule has 1 aliphatic heterocycles. The lowest BCUT2D eigenvalue weighted by molar-refractivity contribution is -0.132. The number of likely N-dealkylation sites (N-methyl/N-ethyl adjacent to an activating group) is 1. The average molecular weight is 582 g/mol. The second-order valence-electron chi connectivity index (χ2n) is 10.7. The highest BCUT2D eigenvalue weighted by atomic mass is 16.5. The first-order valence-corrected chi connectivity index (χ1v) is 14.4. The molecule has 10 nitrogen and oxygen atoms in total. The number of rotatable bonds is 18. The number of aliphatic hydroxyl groups is 1. The minimum Gasteiger partial charge on any atom is -0.384 e. The smallest absolute Gasteiger partial charge is 0.251 e. The Bertz CT molecular complexity index is 1220. The summed E-state index contributed by atoms with van der Waals surface area (Å²) >= 11 is 0. The van der Waals surface area contributed by atoms with Gasteiger partial charge in [0.25, 0.3) is 5.91 Å². The normalized spacial score (nSPS) is 14.2. The first-order valence-electron chi connectivity index (χ1n) is 14.4. The largest absolute Gasteiger partial charge is 0.384 e. The van der Waals surface area contributed by atoms with Gasteiger partial charge in [-0.3, -0.25) is 24.3 Å². The fourth-order valence-electron chi connectivity index (χ4n) is 4.67. The van der Waals surface area contributed by atoms with Gasteiger partial charge < -0.3 is 25.8 Å². The molecule has 1 heterocycles. The third-order valence-electron chi connectivity index (χ3n) is 6.92. The molecular formula is C32H47N5O5. The van der Waals surface area contributed by atoms with Gasteiger partial charge >= 0.3 is 0 Å². The van der Waals surface area contributed by atoms with Gasteiger partial charge in [-0.05, 0) is 80.3 Å². The Balaban J connectivity index is 1.84. The molecule has 230 valence electrons. The van der Waals surface area contributed by atoms with Crippen molar-refractivity contribution in [2.24, 2.45) is 10.7 Å². The summed E-state index contributed by atoms with van der Waals surface area (Å²) in [5, 5.41) is 13.0. The third kappa shape index (κ3) is 11.3. The Labute approximate surface area is 250 Å². The van der Waals surface area contributed by atoms with Crippen LogP contribution in [0.1, 0.15) is 44.7 Å². The number of carbonyl (C=O) groups is 3. The van der Waals surface area contributed by atoms with Crippen molar-refractivity contribution in [1.29, 1.82) is 0 Å². The topological polar surface area (TPSA) is 138 Å². The van der Waals surface area contributed by atoms with Crippen molar-refractivity contribution in [1.82, 2.24) is 10.2 Å². The highest BCUT2D eigenvalue weighted by Gasteiger charge is 2.18. The van der Waals surface area contributed by atoms with Crippen LogP contribution in [0.4, 0.5) is 5.69 Å². The van der Waals surface area contributed by atoms with Crippen molar-refractivity contribution in [2.45, 2.75) is 53.1 Å². The van der Waals surface area contributed by atoms with Gasteiger partial charge in [0, 0.05) is 32.1 Å². The predicted octanol–water partition coefficient (Wildman–Crippen LogP) is 2.48. The number of Topliss-reactive ketones (excluding diaryl/α,β-unsaturated/α-hetero) is 1. The van der Waals surface area contributed by atoms with Gasteiger partial charge in [0.15, 0.2) is 11.9 Å². The number of allylic oxidation sites excluding steroid dienone is 1. The zero-order valence-electron chi connectivity index (χ0n) is 25.7. The predicted molar refractivity (Wildman–Crippen MR) is 168 cm³/mol. The van der Waals surface area contributed by atoms with E-state index in [4.69, 9.17) is 10.5 Å². The van der Waals surface area contributed by atoms with Crippen LogP contribution < -0.4 is 16.0 Å². The van der Waals surface area contributed by atoms with Gasteiger partial charge in [-0.2, -0.15) is 0 Å². The summed E-state index contributed by atoms with van der Waals surface area (Å²) < 4.78 is 5.55. The number of amidine groups is 1. The molecule has 1 atom stereocenters. The summed E-state index contributed by atoms with van der Waals surface area (Å²) in [5.41, 5.74) is 11.2. The van der Waals surface area contributed by atoms with Crippen molar-refractivity contribution < 1.29 is 24.2 Å². The number of hydrogen-bond acceptors (Lipinski definition) is 8. The van der Waals surface area contributed by atoms with Crippen molar-refractivity contribution in [2.75, 3.05) is 57.9 Å². The van der Waals surface area contributed by atoms with Crippen molar-refractivity contribution >= 4 is 29.1 Å². The molecule has 1 aliphatic rings. The van der Waals surface area contributed by atoms with Gasteiger partial charge in [-0.15, -0.1) is 0 Å². The number of aliphatic imine (C=N–C) groups is 1. The number of benzene rings is 1. The van der Waals surface area contributed by atoms with Gasteiger partial charge in [-0.25, -0.2) is 0 Å². The number of ether oxygens (including phenoxy) is 1. The van der Waals surface area contributed by atoms with E-state index in [-0.39, 0.29) is 37.9 Å². The van der Waals surface area contributed by atoms with E-state index in [1.54, 1.807) is 11.0 Å². The van der Waals surface area contributed by atoms with E-state index in [0.29, 0.717) is 37.6 Å². The molecule has 0 bridgehead atoms. The molecule has 1 aromatic rings. The van der Waals surface area contributed by atoms with Crippen LogP contribution in [0.3, 0.4) is 0 Å². The summed E-state index contributed by atoms with van der Waals surface area (Å²) in [4.78, 5) is 45.1. The number of nitrogens with one attached hydrogen (secondary N) is 1. The quantitative estimate of drug-likeness (QED) is 0.179. The number of anilines is 1.